The summed E-state index contributed by atoms with van der Waals surface area (Å²) < 4.78 is 15.4. The van der Waals surface area contributed by atoms with E-state index in [1.807, 2.05) is 20.8 Å². The first-order valence-electron chi connectivity index (χ1n) is 8.38. The van der Waals surface area contributed by atoms with Crippen molar-refractivity contribution in [2.24, 2.45) is 0 Å². The highest BCUT2D eigenvalue weighted by Crippen LogP contribution is 2.24. The van der Waals surface area contributed by atoms with Gasteiger partial charge in [-0.15, -0.1) is 0 Å². The van der Waals surface area contributed by atoms with Gasteiger partial charge in [0.15, 0.2) is 5.65 Å². The van der Waals surface area contributed by atoms with Crippen molar-refractivity contribution in [2.45, 2.75) is 32.9 Å². The van der Waals surface area contributed by atoms with Gasteiger partial charge < -0.3 is 5.32 Å². The number of carbonyl (C=O) groups is 1. The Kier molecular flexibility index (Phi) is 5.54. The summed E-state index contributed by atoms with van der Waals surface area (Å²) in [5.41, 5.74) is -0.275. The molecule has 0 radical (unpaired) electrons. The second kappa shape index (κ2) is 7.60. The zero-order chi connectivity index (χ0) is 20.6. The molecule has 0 saturated carbocycles. The highest BCUT2D eigenvalue weighted by Gasteiger charge is 2.20. The van der Waals surface area contributed by atoms with Crippen molar-refractivity contribution in [2.75, 3.05) is 0 Å². The Morgan fingerprint density at radius 2 is 2.04 bits per heavy atom. The quantitative estimate of drug-likeness (QED) is 0.633. The number of carbonyl (C=O) groups excluding carboxylic acids is 1. The second-order valence-electron chi connectivity index (χ2n) is 7.28. The average molecular weight is 468 g/mol. The van der Waals surface area contributed by atoms with Gasteiger partial charge in [0.25, 0.3) is 5.56 Å². The lowest BCUT2D eigenvalue weighted by atomic mass is 10.1. The first-order chi connectivity index (χ1) is 13.0. The molecule has 1 aromatic carbocycles. The topological polar surface area (TPSA) is 76.9 Å². The fourth-order valence-corrected chi connectivity index (χ4v) is 3.20. The Morgan fingerprint density at radius 3 is 2.68 bits per heavy atom. The van der Waals surface area contributed by atoms with Crippen LogP contribution in [0.3, 0.4) is 0 Å². The predicted molar refractivity (Wildman–Crippen MR) is 110 cm³/mol. The third-order valence-electron chi connectivity index (χ3n) is 3.77. The lowest BCUT2D eigenvalue weighted by Gasteiger charge is -2.21. The van der Waals surface area contributed by atoms with E-state index < -0.39 is 16.9 Å². The van der Waals surface area contributed by atoms with Gasteiger partial charge in [-0.05, 0) is 61.0 Å². The standard InChI is InChI=1S/C19H17BrClFN4O2/c1-19(2,3)25-15(27)9-26-17(10-4-5-14(22)13(21)6-10)24-16-12(18(26)28)7-11(20)8-23-16/h4-8H,9H2,1-3H3,(H,25,27). The van der Waals surface area contributed by atoms with Crippen molar-refractivity contribution in [1.29, 1.82) is 0 Å². The molecule has 0 unspecified atom stereocenters. The number of halogens is 3. The minimum atomic E-state index is -0.590. The van der Waals surface area contributed by atoms with Crippen LogP contribution in [0.25, 0.3) is 22.4 Å². The zero-order valence-corrected chi connectivity index (χ0v) is 17.7. The molecule has 3 aromatic rings. The fraction of sp³-hybridized carbons (Fsp3) is 0.263. The van der Waals surface area contributed by atoms with Gasteiger partial charge >= 0.3 is 0 Å². The molecule has 2 heterocycles. The maximum absolute atomic E-state index is 13.6. The molecule has 0 atom stereocenters. The molecule has 0 aliphatic rings. The molecular weight excluding hydrogens is 451 g/mol. The third-order valence-corrected chi connectivity index (χ3v) is 4.49. The van der Waals surface area contributed by atoms with Gasteiger partial charge in [0, 0.05) is 21.8 Å². The fourth-order valence-electron chi connectivity index (χ4n) is 2.68. The summed E-state index contributed by atoms with van der Waals surface area (Å²) in [6.07, 6.45) is 1.52. The Balaban J connectivity index is 2.22. The predicted octanol–water partition coefficient (Wildman–Crippen LogP) is 3.93. The number of hydrogen-bond acceptors (Lipinski definition) is 4. The largest absolute Gasteiger partial charge is 0.350 e. The van der Waals surface area contributed by atoms with E-state index in [4.69, 9.17) is 11.6 Å². The van der Waals surface area contributed by atoms with Gasteiger partial charge in [-0.25, -0.2) is 14.4 Å². The summed E-state index contributed by atoms with van der Waals surface area (Å²) in [4.78, 5) is 34.2. The van der Waals surface area contributed by atoms with E-state index in [1.54, 1.807) is 6.07 Å². The second-order valence-corrected chi connectivity index (χ2v) is 8.60. The SMILES string of the molecule is CC(C)(C)NC(=O)Cn1c(-c2ccc(F)c(Cl)c2)nc2ncc(Br)cc2c1=O. The van der Waals surface area contributed by atoms with Crippen molar-refractivity contribution < 1.29 is 9.18 Å². The van der Waals surface area contributed by atoms with Crippen LogP contribution >= 0.6 is 27.5 Å². The van der Waals surface area contributed by atoms with E-state index in [0.717, 1.165) is 0 Å². The molecule has 2 aromatic heterocycles. The van der Waals surface area contributed by atoms with Crippen molar-refractivity contribution in [1.82, 2.24) is 19.9 Å². The lowest BCUT2D eigenvalue weighted by Crippen LogP contribution is -2.43. The molecule has 6 nitrogen and oxygen atoms in total. The van der Waals surface area contributed by atoms with Gasteiger partial charge in [-0.2, -0.15) is 0 Å². The summed E-state index contributed by atoms with van der Waals surface area (Å²) in [5.74, 6) is -0.765. The molecule has 0 aliphatic heterocycles. The van der Waals surface area contributed by atoms with Gasteiger partial charge in [-0.1, -0.05) is 11.6 Å². The number of pyridine rings is 1. The summed E-state index contributed by atoms with van der Waals surface area (Å²) in [6.45, 7) is 5.27. The van der Waals surface area contributed by atoms with Crippen LogP contribution in [0.2, 0.25) is 5.02 Å². The van der Waals surface area contributed by atoms with Gasteiger partial charge in [0.05, 0.1) is 10.4 Å². The van der Waals surface area contributed by atoms with Crippen LogP contribution in [0.5, 0.6) is 0 Å². The summed E-state index contributed by atoms with van der Waals surface area (Å²) >= 11 is 9.18. The molecule has 146 valence electrons. The summed E-state index contributed by atoms with van der Waals surface area (Å²) in [6, 6.07) is 5.59. The Labute approximate surface area is 173 Å². The van der Waals surface area contributed by atoms with Gasteiger partial charge in [-0.3, -0.25) is 14.2 Å². The highest BCUT2D eigenvalue weighted by atomic mass is 79.9. The Morgan fingerprint density at radius 1 is 1.32 bits per heavy atom. The molecule has 1 N–H and O–H groups in total. The maximum Gasteiger partial charge on any atom is 0.263 e. The molecule has 1 amide bonds. The molecule has 0 saturated heterocycles. The number of nitrogens with one attached hydrogen (secondary N) is 1. The highest BCUT2D eigenvalue weighted by molar-refractivity contribution is 9.10. The maximum atomic E-state index is 13.6. The number of aromatic nitrogens is 3. The van der Waals surface area contributed by atoms with Crippen LogP contribution in [0.4, 0.5) is 4.39 Å². The molecule has 0 spiro atoms. The number of amides is 1. The molecule has 3 rings (SSSR count). The molecule has 9 heteroatoms. The number of nitrogens with zero attached hydrogens (tertiary/aromatic N) is 3. The van der Waals surface area contributed by atoms with Crippen LogP contribution in [0, 0.1) is 5.82 Å². The normalized spacial score (nSPS) is 11.6. The van der Waals surface area contributed by atoms with Gasteiger partial charge in [0.1, 0.15) is 18.2 Å². The first kappa shape index (κ1) is 20.4. The monoisotopic (exact) mass is 466 g/mol. The minimum Gasteiger partial charge on any atom is -0.350 e. The molecular formula is C19H17BrClFN4O2. The lowest BCUT2D eigenvalue weighted by molar-refractivity contribution is -0.123. The van der Waals surface area contributed by atoms with E-state index >= 15 is 0 Å². The van der Waals surface area contributed by atoms with Crippen LogP contribution in [0.1, 0.15) is 20.8 Å². The van der Waals surface area contributed by atoms with E-state index in [9.17, 15) is 14.0 Å². The van der Waals surface area contributed by atoms with E-state index in [-0.39, 0.29) is 34.3 Å². The van der Waals surface area contributed by atoms with Crippen molar-refractivity contribution >= 4 is 44.5 Å². The van der Waals surface area contributed by atoms with Crippen LogP contribution in [-0.4, -0.2) is 26.0 Å². The minimum absolute atomic E-state index is 0.110. The molecule has 0 fully saturated rings. The van der Waals surface area contributed by atoms with Crippen molar-refractivity contribution in [3.63, 3.8) is 0 Å². The van der Waals surface area contributed by atoms with E-state index in [2.05, 4.69) is 31.2 Å². The number of fused-ring (bicyclic) bond motifs is 1. The van der Waals surface area contributed by atoms with Crippen LogP contribution in [-0.2, 0) is 11.3 Å². The van der Waals surface area contributed by atoms with Crippen molar-refractivity contribution in [3.05, 3.63) is 56.1 Å². The van der Waals surface area contributed by atoms with E-state index in [1.165, 1.54) is 29.0 Å². The van der Waals surface area contributed by atoms with Crippen LogP contribution in [0.15, 0.2) is 39.7 Å². The molecule has 28 heavy (non-hydrogen) atoms. The number of benzene rings is 1. The average Bonchev–Trinajstić information content (AvgIpc) is 2.58. The number of rotatable bonds is 3. The molecule has 0 aliphatic carbocycles. The Bertz CT molecular complexity index is 1140. The molecule has 0 bridgehead atoms. The zero-order valence-electron chi connectivity index (χ0n) is 15.4. The third kappa shape index (κ3) is 4.39. The summed E-state index contributed by atoms with van der Waals surface area (Å²) in [5, 5.41) is 2.97. The van der Waals surface area contributed by atoms with Crippen LogP contribution < -0.4 is 10.9 Å². The van der Waals surface area contributed by atoms with Crippen molar-refractivity contribution in [3.8, 4) is 11.4 Å². The smallest absolute Gasteiger partial charge is 0.263 e. The first-order valence-corrected chi connectivity index (χ1v) is 9.55. The number of hydrogen-bond donors (Lipinski definition) is 1. The van der Waals surface area contributed by atoms with E-state index in [0.29, 0.717) is 10.0 Å². The van der Waals surface area contributed by atoms with Gasteiger partial charge in [0.2, 0.25) is 5.91 Å². The summed E-state index contributed by atoms with van der Waals surface area (Å²) in [7, 11) is 0. The Hall–Kier alpha value is -2.32.